The molecular formula is C26H26FN3O. The third-order valence-electron chi connectivity index (χ3n) is 5.57. The minimum Gasteiger partial charge on any atom is -0.378 e. The first-order chi connectivity index (χ1) is 15.0. The highest BCUT2D eigenvalue weighted by atomic mass is 19.1. The second kappa shape index (κ2) is 9.04. The predicted octanol–water partition coefficient (Wildman–Crippen LogP) is 4.86. The lowest BCUT2D eigenvalue weighted by atomic mass is 9.90. The molecule has 1 heterocycles. The first-order valence-electron chi connectivity index (χ1n) is 10.4. The number of nitrogens with one attached hydrogen (secondary N) is 2. The zero-order valence-corrected chi connectivity index (χ0v) is 17.7. The number of anilines is 1. The molecule has 0 bridgehead atoms. The van der Waals surface area contributed by atoms with Crippen LogP contribution in [0.25, 0.3) is 10.9 Å². The Kier molecular flexibility index (Phi) is 6.03. The summed E-state index contributed by atoms with van der Waals surface area (Å²) < 4.78 is 13.4. The number of benzene rings is 3. The Morgan fingerprint density at radius 2 is 1.81 bits per heavy atom. The third-order valence-corrected chi connectivity index (χ3v) is 5.57. The molecule has 4 rings (SSSR count). The van der Waals surface area contributed by atoms with Crippen LogP contribution in [0.4, 0.5) is 10.1 Å². The number of aromatic amines is 1. The average Bonchev–Trinajstić information content (AvgIpc) is 3.18. The molecule has 1 aromatic heterocycles. The van der Waals surface area contributed by atoms with Crippen LogP contribution in [0.5, 0.6) is 0 Å². The van der Waals surface area contributed by atoms with Gasteiger partial charge in [-0.25, -0.2) is 4.39 Å². The van der Waals surface area contributed by atoms with Crippen molar-refractivity contribution in [1.82, 2.24) is 10.3 Å². The fourth-order valence-corrected chi connectivity index (χ4v) is 3.91. The molecule has 2 N–H and O–H groups in total. The molecule has 31 heavy (non-hydrogen) atoms. The van der Waals surface area contributed by atoms with Crippen molar-refractivity contribution >= 4 is 22.5 Å². The van der Waals surface area contributed by atoms with Gasteiger partial charge in [0.25, 0.3) is 0 Å². The van der Waals surface area contributed by atoms with Crippen LogP contribution in [0.1, 0.15) is 22.6 Å². The van der Waals surface area contributed by atoms with Crippen LogP contribution in [-0.2, 0) is 11.2 Å². The summed E-state index contributed by atoms with van der Waals surface area (Å²) in [7, 11) is 4.03. The van der Waals surface area contributed by atoms with E-state index in [1.54, 1.807) is 12.1 Å². The second-order valence-corrected chi connectivity index (χ2v) is 7.94. The first-order valence-corrected chi connectivity index (χ1v) is 10.4. The number of halogens is 1. The van der Waals surface area contributed by atoms with Crippen molar-refractivity contribution in [2.75, 3.05) is 25.5 Å². The largest absolute Gasteiger partial charge is 0.378 e. The normalized spacial score (nSPS) is 12.0. The highest BCUT2D eigenvalue weighted by molar-refractivity contribution is 5.84. The van der Waals surface area contributed by atoms with Gasteiger partial charge in [-0.05, 0) is 47.0 Å². The van der Waals surface area contributed by atoms with Gasteiger partial charge in [0.05, 0.1) is 6.42 Å². The van der Waals surface area contributed by atoms with Crippen LogP contribution in [0.15, 0.2) is 79.0 Å². The number of amides is 1. The summed E-state index contributed by atoms with van der Waals surface area (Å²) in [5.41, 5.74) is 5.12. The van der Waals surface area contributed by atoms with E-state index >= 15 is 0 Å². The quantitative estimate of drug-likeness (QED) is 0.453. The summed E-state index contributed by atoms with van der Waals surface area (Å²) in [6.45, 7) is 0.456. The van der Waals surface area contributed by atoms with E-state index in [1.807, 2.05) is 38.5 Å². The molecule has 0 aliphatic carbocycles. The molecule has 1 unspecified atom stereocenters. The minimum absolute atomic E-state index is 0.0104. The number of fused-ring (bicyclic) bond motifs is 1. The van der Waals surface area contributed by atoms with Gasteiger partial charge in [-0.3, -0.25) is 4.79 Å². The van der Waals surface area contributed by atoms with E-state index in [0.29, 0.717) is 12.1 Å². The molecule has 0 aliphatic rings. The standard InChI is InChI=1S/C26H26FN3O/c1-30(2)21-12-10-19(11-13-21)23(24-17-28-25-9-4-3-8-22(24)25)16-29-26(31)15-18-6-5-7-20(27)14-18/h3-14,17,23,28H,15-16H2,1-2H3,(H,29,31). The molecule has 1 atom stereocenters. The molecule has 4 nitrogen and oxygen atoms in total. The number of hydrogen-bond acceptors (Lipinski definition) is 2. The zero-order valence-electron chi connectivity index (χ0n) is 17.7. The molecule has 158 valence electrons. The summed E-state index contributed by atoms with van der Waals surface area (Å²) in [6, 6.07) is 22.7. The Hall–Kier alpha value is -3.60. The van der Waals surface area contributed by atoms with E-state index < -0.39 is 0 Å². The topological polar surface area (TPSA) is 48.1 Å². The zero-order chi connectivity index (χ0) is 21.8. The number of carbonyl (C=O) groups is 1. The lowest BCUT2D eigenvalue weighted by Gasteiger charge is -2.20. The van der Waals surface area contributed by atoms with Crippen LogP contribution in [-0.4, -0.2) is 31.5 Å². The molecule has 0 fully saturated rings. The molecule has 0 aliphatic heterocycles. The Balaban J connectivity index is 1.58. The molecule has 5 heteroatoms. The molecule has 0 saturated heterocycles. The number of aromatic nitrogens is 1. The summed E-state index contributed by atoms with van der Waals surface area (Å²) in [5.74, 6) is -0.466. The van der Waals surface area contributed by atoms with Crippen LogP contribution >= 0.6 is 0 Å². The molecule has 1 amide bonds. The highest BCUT2D eigenvalue weighted by Gasteiger charge is 2.19. The van der Waals surface area contributed by atoms with E-state index in [2.05, 4.69) is 45.5 Å². The summed E-state index contributed by atoms with van der Waals surface area (Å²) in [4.78, 5) is 18.0. The van der Waals surface area contributed by atoms with E-state index in [-0.39, 0.29) is 24.1 Å². The maximum atomic E-state index is 13.4. The van der Waals surface area contributed by atoms with Crippen LogP contribution in [0.3, 0.4) is 0 Å². The molecule has 0 saturated carbocycles. The average molecular weight is 416 g/mol. The number of carbonyl (C=O) groups excluding carboxylic acids is 1. The summed E-state index contributed by atoms with van der Waals surface area (Å²) in [5, 5.41) is 4.20. The second-order valence-electron chi connectivity index (χ2n) is 7.94. The minimum atomic E-state index is -0.331. The lowest BCUT2D eigenvalue weighted by molar-refractivity contribution is -0.120. The number of para-hydroxylation sites is 1. The number of nitrogens with zero attached hydrogens (tertiary/aromatic N) is 1. The van der Waals surface area contributed by atoms with Crippen molar-refractivity contribution in [1.29, 1.82) is 0 Å². The van der Waals surface area contributed by atoms with Gasteiger partial charge in [-0.2, -0.15) is 0 Å². The number of rotatable bonds is 7. The third kappa shape index (κ3) is 4.77. The number of hydrogen-bond donors (Lipinski definition) is 2. The fourth-order valence-electron chi connectivity index (χ4n) is 3.91. The number of H-pyrrole nitrogens is 1. The van der Waals surface area contributed by atoms with Gasteiger partial charge in [-0.15, -0.1) is 0 Å². The Bertz CT molecular complexity index is 1180. The lowest BCUT2D eigenvalue weighted by Crippen LogP contribution is -2.30. The van der Waals surface area contributed by atoms with E-state index in [0.717, 1.165) is 27.7 Å². The van der Waals surface area contributed by atoms with Crippen molar-refractivity contribution in [2.45, 2.75) is 12.3 Å². The van der Waals surface area contributed by atoms with Crippen molar-refractivity contribution in [2.24, 2.45) is 0 Å². The molecule has 0 spiro atoms. The van der Waals surface area contributed by atoms with E-state index in [9.17, 15) is 9.18 Å². The molecular weight excluding hydrogens is 389 g/mol. The van der Waals surface area contributed by atoms with Gasteiger partial charge in [0.1, 0.15) is 5.82 Å². The maximum absolute atomic E-state index is 13.4. The van der Waals surface area contributed by atoms with Crippen molar-refractivity contribution in [3.05, 3.63) is 102 Å². The smallest absolute Gasteiger partial charge is 0.224 e. The Morgan fingerprint density at radius 1 is 1.03 bits per heavy atom. The first kappa shape index (κ1) is 20.7. The van der Waals surface area contributed by atoms with Gasteiger partial charge in [0.15, 0.2) is 0 Å². The van der Waals surface area contributed by atoms with Crippen molar-refractivity contribution < 1.29 is 9.18 Å². The van der Waals surface area contributed by atoms with Gasteiger partial charge in [-0.1, -0.05) is 42.5 Å². The highest BCUT2D eigenvalue weighted by Crippen LogP contribution is 2.31. The van der Waals surface area contributed by atoms with Gasteiger partial charge in [0, 0.05) is 49.3 Å². The predicted molar refractivity (Wildman–Crippen MR) is 124 cm³/mol. The van der Waals surface area contributed by atoms with E-state index in [1.165, 1.54) is 12.1 Å². The molecule has 4 aromatic rings. The Labute approximate surface area is 181 Å². The summed E-state index contributed by atoms with van der Waals surface area (Å²) >= 11 is 0. The maximum Gasteiger partial charge on any atom is 0.224 e. The summed E-state index contributed by atoms with van der Waals surface area (Å²) in [6.07, 6.45) is 2.17. The SMILES string of the molecule is CN(C)c1ccc(C(CNC(=O)Cc2cccc(F)c2)c2c[nH]c3ccccc23)cc1. The molecule has 3 aromatic carbocycles. The van der Waals surface area contributed by atoms with Gasteiger partial charge < -0.3 is 15.2 Å². The Morgan fingerprint density at radius 3 is 2.55 bits per heavy atom. The van der Waals surface area contributed by atoms with Gasteiger partial charge in [0.2, 0.25) is 5.91 Å². The van der Waals surface area contributed by atoms with Crippen molar-refractivity contribution in [3.8, 4) is 0 Å². The van der Waals surface area contributed by atoms with Crippen LogP contribution < -0.4 is 10.2 Å². The van der Waals surface area contributed by atoms with E-state index in [4.69, 9.17) is 0 Å². The van der Waals surface area contributed by atoms with Crippen LogP contribution in [0.2, 0.25) is 0 Å². The van der Waals surface area contributed by atoms with Crippen LogP contribution in [0, 0.1) is 5.82 Å². The fraction of sp³-hybridized carbons (Fsp3) is 0.192. The molecule has 0 radical (unpaired) electrons. The van der Waals surface area contributed by atoms with Crippen molar-refractivity contribution in [3.63, 3.8) is 0 Å². The van der Waals surface area contributed by atoms with Gasteiger partial charge >= 0.3 is 0 Å². The monoisotopic (exact) mass is 415 g/mol.